The van der Waals surface area contributed by atoms with Crippen molar-refractivity contribution in [3.05, 3.63) is 23.8 Å². The molecule has 0 aliphatic rings. The zero-order valence-electron chi connectivity index (χ0n) is 10.8. The number of methoxy groups -OCH3 is 1. The van der Waals surface area contributed by atoms with Crippen molar-refractivity contribution in [2.24, 2.45) is 0 Å². The first-order chi connectivity index (χ1) is 7.72. The van der Waals surface area contributed by atoms with E-state index in [0.717, 1.165) is 6.42 Å². The predicted molar refractivity (Wildman–Crippen MR) is 68.3 cm³/mol. The summed E-state index contributed by atoms with van der Waals surface area (Å²) in [5.41, 5.74) is 0.643. The minimum Gasteiger partial charge on any atom is -0.466 e. The lowest BCUT2D eigenvalue weighted by Crippen LogP contribution is -2.00. The Hall–Kier alpha value is -1.05. The van der Waals surface area contributed by atoms with Gasteiger partial charge in [0, 0.05) is 5.57 Å². The van der Waals surface area contributed by atoms with Crippen molar-refractivity contribution in [2.75, 3.05) is 7.11 Å². The number of ether oxygens (including phenoxy) is 1. The molecule has 0 heterocycles. The van der Waals surface area contributed by atoms with Gasteiger partial charge >= 0.3 is 5.97 Å². The fourth-order valence-corrected chi connectivity index (χ4v) is 1.40. The highest BCUT2D eigenvalue weighted by Gasteiger charge is 1.99. The van der Waals surface area contributed by atoms with Crippen LogP contribution in [0.15, 0.2) is 23.8 Å². The molecule has 0 radical (unpaired) electrons. The van der Waals surface area contributed by atoms with Crippen molar-refractivity contribution in [1.82, 2.24) is 0 Å². The van der Waals surface area contributed by atoms with E-state index in [4.69, 9.17) is 0 Å². The van der Waals surface area contributed by atoms with Crippen molar-refractivity contribution in [3.8, 4) is 0 Å². The van der Waals surface area contributed by atoms with E-state index < -0.39 is 0 Å². The van der Waals surface area contributed by atoms with Gasteiger partial charge in [-0.3, -0.25) is 0 Å². The molecule has 0 aliphatic carbocycles. The van der Waals surface area contributed by atoms with E-state index in [-0.39, 0.29) is 5.97 Å². The van der Waals surface area contributed by atoms with Crippen LogP contribution in [0.2, 0.25) is 0 Å². The second kappa shape index (κ2) is 10.5. The summed E-state index contributed by atoms with van der Waals surface area (Å²) in [6.45, 7) is 3.98. The first-order valence-corrected chi connectivity index (χ1v) is 6.14. The lowest BCUT2D eigenvalue weighted by Gasteiger charge is -1.96. The molecular formula is C14H24O2. The number of esters is 1. The number of unbranched alkanes of at least 4 members (excludes halogenated alkanes) is 5. The third kappa shape index (κ3) is 8.27. The number of carbonyl (C=O) groups is 1. The molecule has 0 spiro atoms. The summed E-state index contributed by atoms with van der Waals surface area (Å²) in [6.07, 6.45) is 13.4. The molecule has 0 saturated carbocycles. The van der Waals surface area contributed by atoms with Gasteiger partial charge in [0.15, 0.2) is 0 Å². The lowest BCUT2D eigenvalue weighted by atomic mass is 10.1. The van der Waals surface area contributed by atoms with Crippen LogP contribution >= 0.6 is 0 Å². The molecule has 0 aliphatic heterocycles. The Morgan fingerprint density at radius 2 is 1.88 bits per heavy atom. The van der Waals surface area contributed by atoms with Gasteiger partial charge in [0.25, 0.3) is 0 Å². The van der Waals surface area contributed by atoms with Gasteiger partial charge in [-0.25, -0.2) is 4.79 Å². The van der Waals surface area contributed by atoms with Crippen molar-refractivity contribution in [2.45, 2.75) is 52.4 Å². The highest BCUT2D eigenvalue weighted by Crippen LogP contribution is 2.05. The summed E-state index contributed by atoms with van der Waals surface area (Å²) in [6, 6.07) is 0. The highest BCUT2D eigenvalue weighted by molar-refractivity contribution is 5.87. The molecule has 0 aromatic rings. The molecular weight excluding hydrogens is 200 g/mol. The third-order valence-corrected chi connectivity index (χ3v) is 2.46. The van der Waals surface area contributed by atoms with Crippen LogP contribution in [0.5, 0.6) is 0 Å². The molecule has 2 nitrogen and oxygen atoms in total. The number of hydrogen-bond donors (Lipinski definition) is 0. The van der Waals surface area contributed by atoms with Crippen LogP contribution in [0.3, 0.4) is 0 Å². The summed E-state index contributed by atoms with van der Waals surface area (Å²) in [7, 11) is 1.40. The van der Waals surface area contributed by atoms with Crippen LogP contribution in [-0.4, -0.2) is 13.1 Å². The van der Waals surface area contributed by atoms with E-state index in [2.05, 4.69) is 17.7 Å². The van der Waals surface area contributed by atoms with Crippen LogP contribution in [0.4, 0.5) is 0 Å². The van der Waals surface area contributed by atoms with Crippen molar-refractivity contribution in [1.29, 1.82) is 0 Å². The Labute approximate surface area is 99.4 Å². The van der Waals surface area contributed by atoms with Crippen LogP contribution in [0.25, 0.3) is 0 Å². The molecule has 0 aromatic carbocycles. The molecule has 0 fully saturated rings. The molecule has 0 atom stereocenters. The maximum Gasteiger partial charge on any atom is 0.333 e. The van der Waals surface area contributed by atoms with E-state index in [1.54, 1.807) is 13.0 Å². The van der Waals surface area contributed by atoms with E-state index in [9.17, 15) is 4.79 Å². The molecule has 0 saturated heterocycles. The summed E-state index contributed by atoms with van der Waals surface area (Å²) in [5.74, 6) is -0.257. The average Bonchev–Trinajstić information content (AvgIpc) is 2.31. The van der Waals surface area contributed by atoms with Gasteiger partial charge in [-0.1, -0.05) is 50.8 Å². The topological polar surface area (TPSA) is 26.3 Å². The molecule has 0 rings (SSSR count). The average molecular weight is 224 g/mol. The quantitative estimate of drug-likeness (QED) is 0.269. The number of carbonyl (C=O) groups excluding carboxylic acids is 1. The first-order valence-electron chi connectivity index (χ1n) is 6.14. The summed E-state index contributed by atoms with van der Waals surface area (Å²) >= 11 is 0. The molecule has 0 N–H and O–H groups in total. The van der Waals surface area contributed by atoms with E-state index in [1.807, 2.05) is 6.08 Å². The Bertz CT molecular complexity index is 239. The standard InChI is InChI=1S/C14H24O2/c1-4-5-6-7-8-9-10-11-12-13(2)14(15)16-3/h10-12H,4-9H2,1-3H3. The van der Waals surface area contributed by atoms with Crippen molar-refractivity contribution in [3.63, 3.8) is 0 Å². The van der Waals surface area contributed by atoms with Crippen molar-refractivity contribution < 1.29 is 9.53 Å². The predicted octanol–water partition coefficient (Wildman–Crippen LogP) is 4.02. The Morgan fingerprint density at radius 1 is 1.19 bits per heavy atom. The fraction of sp³-hybridized carbons (Fsp3) is 0.643. The summed E-state index contributed by atoms with van der Waals surface area (Å²) in [5, 5.41) is 0. The Balaban J connectivity index is 3.57. The Kier molecular flexibility index (Phi) is 9.78. The summed E-state index contributed by atoms with van der Waals surface area (Å²) in [4.78, 5) is 11.0. The fourth-order valence-electron chi connectivity index (χ4n) is 1.40. The zero-order chi connectivity index (χ0) is 12.2. The minimum absolute atomic E-state index is 0.257. The first kappa shape index (κ1) is 14.9. The molecule has 0 unspecified atom stereocenters. The maximum atomic E-state index is 11.0. The monoisotopic (exact) mass is 224 g/mol. The molecule has 0 bridgehead atoms. The van der Waals surface area contributed by atoms with Gasteiger partial charge in [-0.2, -0.15) is 0 Å². The largest absolute Gasteiger partial charge is 0.466 e. The van der Waals surface area contributed by atoms with Gasteiger partial charge < -0.3 is 4.74 Å². The SMILES string of the molecule is CCCCCCCC=CC=C(C)C(=O)OC. The molecule has 2 heteroatoms. The highest BCUT2D eigenvalue weighted by atomic mass is 16.5. The van der Waals surface area contributed by atoms with Gasteiger partial charge in [-0.05, 0) is 19.8 Å². The number of allylic oxidation sites excluding steroid dienone is 3. The number of rotatable bonds is 8. The molecule has 0 aromatic heterocycles. The van der Waals surface area contributed by atoms with Gasteiger partial charge in [-0.15, -0.1) is 0 Å². The molecule has 0 amide bonds. The van der Waals surface area contributed by atoms with Crippen LogP contribution in [0, 0.1) is 0 Å². The van der Waals surface area contributed by atoms with Crippen LogP contribution in [0.1, 0.15) is 52.4 Å². The minimum atomic E-state index is -0.257. The van der Waals surface area contributed by atoms with Crippen LogP contribution < -0.4 is 0 Å². The van der Waals surface area contributed by atoms with Gasteiger partial charge in [0.1, 0.15) is 0 Å². The second-order valence-corrected chi connectivity index (χ2v) is 3.97. The second-order valence-electron chi connectivity index (χ2n) is 3.97. The Morgan fingerprint density at radius 3 is 2.50 bits per heavy atom. The number of hydrogen-bond acceptors (Lipinski definition) is 2. The van der Waals surface area contributed by atoms with E-state index in [0.29, 0.717) is 5.57 Å². The van der Waals surface area contributed by atoms with Gasteiger partial charge in [0.2, 0.25) is 0 Å². The maximum absolute atomic E-state index is 11.0. The van der Waals surface area contributed by atoms with Gasteiger partial charge in [0.05, 0.1) is 7.11 Å². The van der Waals surface area contributed by atoms with E-state index >= 15 is 0 Å². The molecule has 16 heavy (non-hydrogen) atoms. The van der Waals surface area contributed by atoms with E-state index in [1.165, 1.54) is 39.2 Å². The van der Waals surface area contributed by atoms with Crippen molar-refractivity contribution >= 4 is 5.97 Å². The molecule has 92 valence electrons. The summed E-state index contributed by atoms with van der Waals surface area (Å²) < 4.78 is 4.59. The van der Waals surface area contributed by atoms with Crippen LogP contribution in [-0.2, 0) is 9.53 Å². The normalized spacial score (nSPS) is 12.1. The lowest BCUT2D eigenvalue weighted by molar-refractivity contribution is -0.136. The zero-order valence-corrected chi connectivity index (χ0v) is 10.8. The smallest absolute Gasteiger partial charge is 0.333 e. The third-order valence-electron chi connectivity index (χ3n) is 2.46.